The molecule has 1 aliphatic rings. The van der Waals surface area contributed by atoms with Crippen molar-refractivity contribution >= 4 is 0 Å². The second-order valence-electron chi connectivity index (χ2n) is 4.34. The maximum atomic E-state index is 8.90. The van der Waals surface area contributed by atoms with Crippen molar-refractivity contribution in [3.63, 3.8) is 0 Å². The molecule has 0 unspecified atom stereocenters. The summed E-state index contributed by atoms with van der Waals surface area (Å²) < 4.78 is 5.45. The molecule has 86 valence electrons. The van der Waals surface area contributed by atoms with Crippen LogP contribution in [0.1, 0.15) is 24.4 Å². The normalized spacial score (nSPS) is 15.3. The van der Waals surface area contributed by atoms with Crippen LogP contribution in [0.4, 0.5) is 0 Å². The highest BCUT2D eigenvalue weighted by Crippen LogP contribution is 2.30. The molecule has 0 aromatic carbocycles. The fourth-order valence-corrected chi connectivity index (χ4v) is 1.79. The molecule has 0 bridgehead atoms. The van der Waals surface area contributed by atoms with Gasteiger partial charge in [-0.3, -0.25) is 4.90 Å². The predicted molar refractivity (Wildman–Crippen MR) is 61.5 cm³/mol. The number of hydrogen-bond acceptors (Lipinski definition) is 3. The molecule has 1 saturated carbocycles. The lowest BCUT2D eigenvalue weighted by molar-refractivity contribution is 0.225. The summed E-state index contributed by atoms with van der Waals surface area (Å²) in [5, 5.41) is 8.90. The SMILES string of the molecule is C#CCN(Cc1ccc(CO)o1)CC1CC1. The third-order valence-electron chi connectivity index (χ3n) is 2.78. The van der Waals surface area contributed by atoms with Gasteiger partial charge in [-0.15, -0.1) is 6.42 Å². The Balaban J connectivity index is 1.90. The Kier molecular flexibility index (Phi) is 3.66. The fourth-order valence-electron chi connectivity index (χ4n) is 1.79. The summed E-state index contributed by atoms with van der Waals surface area (Å²) in [7, 11) is 0. The molecule has 16 heavy (non-hydrogen) atoms. The molecule has 0 saturated heterocycles. The van der Waals surface area contributed by atoms with Crippen LogP contribution >= 0.6 is 0 Å². The average Bonchev–Trinajstić information content (AvgIpc) is 2.96. The molecule has 0 aliphatic heterocycles. The van der Waals surface area contributed by atoms with Gasteiger partial charge in [0, 0.05) is 6.54 Å². The smallest absolute Gasteiger partial charge is 0.129 e. The molecular weight excluding hydrogens is 202 g/mol. The number of hydrogen-bond donors (Lipinski definition) is 1. The van der Waals surface area contributed by atoms with Gasteiger partial charge in [0.2, 0.25) is 0 Å². The molecule has 1 N–H and O–H groups in total. The minimum Gasteiger partial charge on any atom is -0.462 e. The third kappa shape index (κ3) is 3.13. The summed E-state index contributed by atoms with van der Waals surface area (Å²) in [6.45, 7) is 2.41. The van der Waals surface area contributed by atoms with Gasteiger partial charge >= 0.3 is 0 Å². The number of rotatable bonds is 6. The quantitative estimate of drug-likeness (QED) is 0.739. The molecule has 2 rings (SSSR count). The van der Waals surface area contributed by atoms with Crippen LogP contribution in [0.15, 0.2) is 16.5 Å². The third-order valence-corrected chi connectivity index (χ3v) is 2.78. The lowest BCUT2D eigenvalue weighted by atomic mass is 10.3. The van der Waals surface area contributed by atoms with Crippen LogP contribution in [0.25, 0.3) is 0 Å². The first-order valence-electron chi connectivity index (χ1n) is 5.66. The Hall–Kier alpha value is -1.24. The highest BCUT2D eigenvalue weighted by Gasteiger charge is 2.24. The first kappa shape index (κ1) is 11.3. The molecule has 0 spiro atoms. The number of terminal acetylenes is 1. The van der Waals surface area contributed by atoms with E-state index in [9.17, 15) is 0 Å². The summed E-state index contributed by atoms with van der Waals surface area (Å²) in [5.41, 5.74) is 0. The van der Waals surface area contributed by atoms with E-state index in [0.29, 0.717) is 12.3 Å². The Morgan fingerprint density at radius 3 is 2.75 bits per heavy atom. The number of aliphatic hydroxyl groups is 1. The second-order valence-corrected chi connectivity index (χ2v) is 4.34. The highest BCUT2D eigenvalue weighted by molar-refractivity contribution is 5.07. The summed E-state index contributed by atoms with van der Waals surface area (Å²) in [4.78, 5) is 2.22. The standard InChI is InChI=1S/C13H17NO2/c1-2-7-14(8-11-3-4-11)9-12-5-6-13(10-15)16-12/h1,5-6,11,15H,3-4,7-10H2. The predicted octanol–water partition coefficient (Wildman–Crippen LogP) is 1.62. The molecule has 0 radical (unpaired) electrons. The second kappa shape index (κ2) is 5.20. The Morgan fingerprint density at radius 1 is 1.44 bits per heavy atom. The van der Waals surface area contributed by atoms with Crippen LogP contribution in [0.2, 0.25) is 0 Å². The average molecular weight is 219 g/mol. The van der Waals surface area contributed by atoms with Gasteiger partial charge in [0.05, 0.1) is 13.1 Å². The van der Waals surface area contributed by atoms with Crippen molar-refractivity contribution in [3.8, 4) is 12.3 Å². The minimum absolute atomic E-state index is 0.0439. The minimum atomic E-state index is -0.0439. The molecule has 3 nitrogen and oxygen atoms in total. The van der Waals surface area contributed by atoms with E-state index in [1.54, 1.807) is 6.07 Å². The van der Waals surface area contributed by atoms with Crippen molar-refractivity contribution in [2.75, 3.05) is 13.1 Å². The van der Waals surface area contributed by atoms with Gasteiger partial charge in [-0.05, 0) is 30.9 Å². The van der Waals surface area contributed by atoms with E-state index in [4.69, 9.17) is 15.9 Å². The largest absolute Gasteiger partial charge is 0.462 e. The molecule has 0 amide bonds. The molecule has 1 aromatic rings. The van der Waals surface area contributed by atoms with Gasteiger partial charge < -0.3 is 9.52 Å². The van der Waals surface area contributed by atoms with Gasteiger partial charge in [-0.25, -0.2) is 0 Å². The summed E-state index contributed by atoms with van der Waals surface area (Å²) in [6.07, 6.45) is 7.99. The van der Waals surface area contributed by atoms with E-state index in [1.807, 2.05) is 6.07 Å². The highest BCUT2D eigenvalue weighted by atomic mass is 16.4. The molecular formula is C13H17NO2. The van der Waals surface area contributed by atoms with Crippen LogP contribution < -0.4 is 0 Å². The Labute approximate surface area is 96.1 Å². The van der Waals surface area contributed by atoms with Crippen LogP contribution in [0.3, 0.4) is 0 Å². The summed E-state index contributed by atoms with van der Waals surface area (Å²) in [6, 6.07) is 3.71. The molecule has 1 fully saturated rings. The Bertz CT molecular complexity index is 374. The van der Waals surface area contributed by atoms with Gasteiger partial charge in [0.25, 0.3) is 0 Å². The van der Waals surface area contributed by atoms with Gasteiger partial charge in [0.15, 0.2) is 0 Å². The number of furan rings is 1. The summed E-state index contributed by atoms with van der Waals surface area (Å²) in [5.74, 6) is 4.98. The van der Waals surface area contributed by atoms with E-state index < -0.39 is 0 Å². The van der Waals surface area contributed by atoms with Crippen molar-refractivity contribution in [1.29, 1.82) is 0 Å². The van der Waals surface area contributed by atoms with E-state index in [2.05, 4.69) is 10.8 Å². The van der Waals surface area contributed by atoms with Crippen LogP contribution in [-0.4, -0.2) is 23.1 Å². The van der Waals surface area contributed by atoms with Crippen LogP contribution in [-0.2, 0) is 13.2 Å². The van der Waals surface area contributed by atoms with Gasteiger partial charge in [-0.1, -0.05) is 5.92 Å². The molecule has 3 heteroatoms. The maximum Gasteiger partial charge on any atom is 0.129 e. The zero-order valence-corrected chi connectivity index (χ0v) is 9.35. The van der Waals surface area contributed by atoms with Crippen molar-refractivity contribution in [3.05, 3.63) is 23.7 Å². The summed E-state index contributed by atoms with van der Waals surface area (Å²) >= 11 is 0. The van der Waals surface area contributed by atoms with E-state index in [0.717, 1.165) is 24.8 Å². The first-order valence-corrected chi connectivity index (χ1v) is 5.66. The molecule has 1 heterocycles. The number of aliphatic hydroxyl groups excluding tert-OH is 1. The van der Waals surface area contributed by atoms with Crippen LogP contribution in [0, 0.1) is 18.3 Å². The number of nitrogens with zero attached hydrogens (tertiary/aromatic N) is 1. The topological polar surface area (TPSA) is 36.6 Å². The molecule has 1 aromatic heterocycles. The fraction of sp³-hybridized carbons (Fsp3) is 0.538. The van der Waals surface area contributed by atoms with Crippen molar-refractivity contribution in [1.82, 2.24) is 4.90 Å². The monoisotopic (exact) mass is 219 g/mol. The molecule has 1 aliphatic carbocycles. The first-order chi connectivity index (χ1) is 7.81. The lowest BCUT2D eigenvalue weighted by Crippen LogP contribution is -2.25. The zero-order valence-electron chi connectivity index (χ0n) is 9.35. The maximum absolute atomic E-state index is 8.90. The lowest BCUT2D eigenvalue weighted by Gasteiger charge is -2.17. The van der Waals surface area contributed by atoms with Gasteiger partial charge in [-0.2, -0.15) is 0 Å². The van der Waals surface area contributed by atoms with Crippen molar-refractivity contribution in [2.45, 2.75) is 26.0 Å². The van der Waals surface area contributed by atoms with Gasteiger partial charge in [0.1, 0.15) is 18.1 Å². The Morgan fingerprint density at radius 2 is 2.19 bits per heavy atom. The zero-order chi connectivity index (χ0) is 11.4. The van der Waals surface area contributed by atoms with Crippen molar-refractivity contribution in [2.24, 2.45) is 5.92 Å². The van der Waals surface area contributed by atoms with Crippen LogP contribution in [0.5, 0.6) is 0 Å². The van der Waals surface area contributed by atoms with Crippen molar-refractivity contribution < 1.29 is 9.52 Å². The van der Waals surface area contributed by atoms with E-state index in [-0.39, 0.29) is 6.61 Å². The van der Waals surface area contributed by atoms with E-state index in [1.165, 1.54) is 12.8 Å². The molecule has 0 atom stereocenters. The van der Waals surface area contributed by atoms with E-state index >= 15 is 0 Å².